The number of anilines is 1. The van der Waals surface area contributed by atoms with Crippen LogP contribution in [0, 0.1) is 0 Å². The SMILES string of the molecule is CO/N=C(\C(=O)NC1C(=O)N2C(C(=O)[O-])=C(CSc3nc(=O)c(=O)[nH]n3C)CSC12)c1csc(N)n1. The number of hydrogen-bond acceptors (Lipinski definition) is 14. The molecular formula is C18H17N8O7S3-. The van der Waals surface area contributed by atoms with Crippen molar-refractivity contribution < 1.29 is 24.3 Å². The van der Waals surface area contributed by atoms with Crippen molar-refractivity contribution in [2.75, 3.05) is 24.3 Å². The topological polar surface area (TPSA) is 218 Å². The fraction of sp³-hybridized carbons (Fsp3) is 0.333. The molecule has 0 aliphatic carbocycles. The van der Waals surface area contributed by atoms with Crippen LogP contribution >= 0.6 is 34.9 Å². The Kier molecular flexibility index (Phi) is 7.18. The molecule has 2 aromatic rings. The zero-order valence-corrected chi connectivity index (χ0v) is 21.0. The number of nitrogens with two attached hydrogens (primary N) is 1. The Morgan fingerprint density at radius 3 is 2.78 bits per heavy atom. The summed E-state index contributed by atoms with van der Waals surface area (Å²) < 4.78 is 1.24. The number of aryl methyl sites for hydroxylation is 1. The molecule has 0 saturated carbocycles. The van der Waals surface area contributed by atoms with Crippen molar-refractivity contribution in [2.45, 2.75) is 16.6 Å². The van der Waals surface area contributed by atoms with Gasteiger partial charge in [0.2, 0.25) is 0 Å². The van der Waals surface area contributed by atoms with Crippen LogP contribution in [0.25, 0.3) is 0 Å². The Morgan fingerprint density at radius 1 is 1.39 bits per heavy atom. The summed E-state index contributed by atoms with van der Waals surface area (Å²) in [5, 5.41) is 21.6. The van der Waals surface area contributed by atoms with E-state index < -0.39 is 40.3 Å². The van der Waals surface area contributed by atoms with Gasteiger partial charge in [0.05, 0.1) is 11.7 Å². The number of aromatic nitrogens is 4. The predicted octanol–water partition coefficient (Wildman–Crippen LogP) is -2.95. The number of aliphatic carboxylic acids is 1. The van der Waals surface area contributed by atoms with Crippen molar-refractivity contribution in [1.29, 1.82) is 0 Å². The first-order valence-electron chi connectivity index (χ1n) is 9.94. The Morgan fingerprint density at radius 2 is 2.14 bits per heavy atom. The van der Waals surface area contributed by atoms with Crippen LogP contribution in [0.5, 0.6) is 0 Å². The predicted molar refractivity (Wildman–Crippen MR) is 128 cm³/mol. The summed E-state index contributed by atoms with van der Waals surface area (Å²) in [5.74, 6) is -2.68. The van der Waals surface area contributed by atoms with Crippen molar-refractivity contribution in [2.24, 2.45) is 12.2 Å². The number of thioether (sulfide) groups is 2. The fourth-order valence-electron chi connectivity index (χ4n) is 3.43. The van der Waals surface area contributed by atoms with Crippen LogP contribution in [0.3, 0.4) is 0 Å². The number of aromatic amines is 1. The molecule has 18 heteroatoms. The van der Waals surface area contributed by atoms with E-state index in [0.29, 0.717) is 5.57 Å². The molecule has 190 valence electrons. The van der Waals surface area contributed by atoms with E-state index in [4.69, 9.17) is 10.6 Å². The van der Waals surface area contributed by atoms with E-state index in [1.807, 2.05) is 0 Å². The van der Waals surface area contributed by atoms with Crippen LogP contribution < -0.4 is 27.3 Å². The van der Waals surface area contributed by atoms with Gasteiger partial charge in [-0.15, -0.1) is 23.1 Å². The molecule has 4 N–H and O–H groups in total. The number of H-pyrrole nitrogens is 1. The number of carboxylic acid groups (broad SMARTS) is 1. The number of rotatable bonds is 8. The maximum absolute atomic E-state index is 12.9. The normalized spacial score (nSPS) is 19.6. The number of carboxylic acids is 1. The molecule has 2 unspecified atom stereocenters. The molecule has 2 atom stereocenters. The monoisotopic (exact) mass is 553 g/mol. The van der Waals surface area contributed by atoms with Crippen LogP contribution in [-0.4, -0.2) is 78.2 Å². The second-order valence-electron chi connectivity index (χ2n) is 7.28. The lowest BCUT2D eigenvalue weighted by Gasteiger charge is -2.50. The molecule has 4 rings (SSSR count). The molecule has 2 amide bonds. The zero-order valence-electron chi connectivity index (χ0n) is 18.5. The summed E-state index contributed by atoms with van der Waals surface area (Å²) in [6.45, 7) is 0. The lowest BCUT2D eigenvalue weighted by molar-refractivity contribution is -0.301. The van der Waals surface area contributed by atoms with Crippen molar-refractivity contribution in [1.82, 2.24) is 30.0 Å². The molecule has 36 heavy (non-hydrogen) atoms. The average molecular weight is 554 g/mol. The summed E-state index contributed by atoms with van der Waals surface area (Å²) >= 11 is 3.35. The molecule has 1 fully saturated rings. The Balaban J connectivity index is 1.51. The summed E-state index contributed by atoms with van der Waals surface area (Å²) in [6, 6.07) is -1.02. The second kappa shape index (κ2) is 10.2. The number of β-lactam (4-membered cyclic amide) rings is 1. The van der Waals surface area contributed by atoms with Gasteiger partial charge in [0, 0.05) is 23.9 Å². The van der Waals surface area contributed by atoms with Gasteiger partial charge in [0.15, 0.2) is 16.0 Å². The van der Waals surface area contributed by atoms with Crippen molar-refractivity contribution in [3.63, 3.8) is 0 Å². The quantitative estimate of drug-likeness (QED) is 0.0983. The van der Waals surface area contributed by atoms with E-state index in [1.165, 1.54) is 36.0 Å². The highest BCUT2D eigenvalue weighted by atomic mass is 32.2. The minimum atomic E-state index is -1.56. The van der Waals surface area contributed by atoms with Crippen molar-refractivity contribution >= 4 is 63.5 Å². The summed E-state index contributed by atoms with van der Waals surface area (Å²) in [6.07, 6.45) is 0. The minimum absolute atomic E-state index is 0.0616. The standard InChI is InChI=1S/C18H18N8O7S3/c1-25-18(22-12(28)13(29)23-25)36-4-6-3-34-15-9(14(30)26(15)10(6)16(31)32)21-11(27)8(24-33-2)7-5-35-17(19)20-7/h5,9,15H,3-4H2,1-2H3,(H2,19,20)(H,21,27)(H,23,29)(H,31,32)/p-1/b24-8-. The Bertz CT molecular complexity index is 1430. The van der Waals surface area contributed by atoms with E-state index in [2.05, 4.69) is 25.5 Å². The van der Waals surface area contributed by atoms with Crippen LogP contribution in [0.2, 0.25) is 0 Å². The number of nitrogens with zero attached hydrogens (tertiary/aromatic N) is 5. The van der Waals surface area contributed by atoms with Crippen molar-refractivity contribution in [3.05, 3.63) is 43.1 Å². The van der Waals surface area contributed by atoms with Crippen LogP contribution in [-0.2, 0) is 26.3 Å². The molecule has 0 spiro atoms. The van der Waals surface area contributed by atoms with Crippen LogP contribution in [0.4, 0.5) is 5.13 Å². The van der Waals surface area contributed by atoms with Gasteiger partial charge in [0.1, 0.15) is 24.2 Å². The van der Waals surface area contributed by atoms with Crippen LogP contribution in [0.1, 0.15) is 5.69 Å². The molecule has 0 radical (unpaired) electrons. The molecule has 1 saturated heterocycles. The van der Waals surface area contributed by atoms with Gasteiger partial charge in [-0.25, -0.2) is 4.98 Å². The highest BCUT2D eigenvalue weighted by Gasteiger charge is 2.53. The average Bonchev–Trinajstić information content (AvgIpc) is 3.27. The van der Waals surface area contributed by atoms with E-state index in [9.17, 15) is 29.1 Å². The number of hydrogen-bond donors (Lipinski definition) is 3. The van der Waals surface area contributed by atoms with Gasteiger partial charge < -0.3 is 25.8 Å². The summed E-state index contributed by atoms with van der Waals surface area (Å²) in [7, 11) is 2.72. The van der Waals surface area contributed by atoms with Gasteiger partial charge in [-0.3, -0.25) is 33.9 Å². The van der Waals surface area contributed by atoms with E-state index in [0.717, 1.165) is 28.0 Å². The number of carbonyl (C=O) groups excluding carboxylic acids is 3. The molecule has 0 bridgehead atoms. The van der Waals surface area contributed by atoms with Gasteiger partial charge in [-0.2, -0.15) is 4.98 Å². The molecule has 2 aliphatic rings. The van der Waals surface area contributed by atoms with E-state index >= 15 is 0 Å². The first-order valence-corrected chi connectivity index (χ1v) is 12.8. The maximum atomic E-state index is 12.9. The fourth-order valence-corrected chi connectivity index (χ4v) is 6.38. The van der Waals surface area contributed by atoms with Gasteiger partial charge in [-0.05, 0) is 5.57 Å². The first-order chi connectivity index (χ1) is 17.1. The Labute approximate surface area is 213 Å². The number of thiazole rings is 1. The minimum Gasteiger partial charge on any atom is -0.543 e. The number of amides is 2. The zero-order chi connectivity index (χ0) is 26.1. The highest BCUT2D eigenvalue weighted by Crippen LogP contribution is 2.41. The number of oxime groups is 1. The van der Waals surface area contributed by atoms with Crippen molar-refractivity contribution in [3.8, 4) is 0 Å². The third-order valence-electron chi connectivity index (χ3n) is 5.01. The third kappa shape index (κ3) is 4.73. The number of carbonyl (C=O) groups is 3. The van der Waals surface area contributed by atoms with E-state index in [-0.39, 0.29) is 38.9 Å². The largest absolute Gasteiger partial charge is 0.543 e. The Hall–Kier alpha value is -3.64. The van der Waals surface area contributed by atoms with Gasteiger partial charge in [-0.1, -0.05) is 16.9 Å². The molecule has 15 nitrogen and oxygen atoms in total. The number of nitrogens with one attached hydrogen (secondary N) is 2. The molecular weight excluding hydrogens is 536 g/mol. The molecule has 2 aliphatic heterocycles. The summed E-state index contributed by atoms with van der Waals surface area (Å²) in [4.78, 5) is 74.0. The molecule has 0 aromatic carbocycles. The molecule has 4 heterocycles. The first kappa shape index (κ1) is 25.5. The smallest absolute Gasteiger partial charge is 0.339 e. The second-order valence-corrected chi connectivity index (χ2v) is 10.2. The molecule has 2 aromatic heterocycles. The lowest BCUT2D eigenvalue weighted by Crippen LogP contribution is -2.71. The van der Waals surface area contributed by atoms with Crippen LogP contribution in [0.15, 0.2) is 36.6 Å². The van der Waals surface area contributed by atoms with Gasteiger partial charge >= 0.3 is 11.1 Å². The number of fused-ring (bicyclic) bond motifs is 1. The van der Waals surface area contributed by atoms with E-state index in [1.54, 1.807) is 0 Å². The summed E-state index contributed by atoms with van der Waals surface area (Å²) in [5.41, 5.74) is 3.77. The maximum Gasteiger partial charge on any atom is 0.339 e. The number of nitrogen functional groups attached to an aromatic ring is 1. The third-order valence-corrected chi connectivity index (χ3v) is 8.14. The lowest BCUT2D eigenvalue weighted by atomic mass is 10.0. The highest BCUT2D eigenvalue weighted by molar-refractivity contribution is 8.01. The van der Waals surface area contributed by atoms with Gasteiger partial charge in [0.25, 0.3) is 11.8 Å².